The molecule has 0 bridgehead atoms. The first-order chi connectivity index (χ1) is 6.54. The topological polar surface area (TPSA) is 60.2 Å². The van der Waals surface area contributed by atoms with Gasteiger partial charge < -0.3 is 0 Å². The van der Waals surface area contributed by atoms with Gasteiger partial charge in [0.1, 0.15) is 4.21 Å². The van der Waals surface area contributed by atoms with Crippen LogP contribution >= 0.6 is 27.3 Å². The molecular weight excluding hydrogens is 286 g/mol. The average Bonchev–Trinajstić information content (AvgIpc) is 2.52. The molecule has 1 aromatic rings. The number of thiophene rings is 1. The Morgan fingerprint density at radius 2 is 2.21 bits per heavy atom. The molecule has 6 heteroatoms. The minimum Gasteiger partial charge on any atom is -0.224 e. The van der Waals surface area contributed by atoms with Crippen molar-refractivity contribution >= 4 is 37.3 Å². The highest BCUT2D eigenvalue weighted by atomic mass is 79.9. The Balaban J connectivity index is 2.86. The van der Waals surface area contributed by atoms with Crippen LogP contribution in [0.4, 0.5) is 0 Å². The highest BCUT2D eigenvalue weighted by Crippen LogP contribution is 2.19. The monoisotopic (exact) mass is 293 g/mol. The Labute approximate surface area is 95.5 Å². The fraction of sp³-hybridized carbons (Fsp3) is 0.250. The third kappa shape index (κ3) is 3.42. The molecule has 1 aromatic heterocycles. The van der Waals surface area contributed by atoms with E-state index in [1.807, 2.05) is 0 Å². The van der Waals surface area contributed by atoms with Gasteiger partial charge in [0.05, 0.1) is 4.88 Å². The molecule has 0 atom stereocenters. The first-order valence-electron chi connectivity index (χ1n) is 3.71. The molecule has 1 heterocycles. The Kier molecular flexibility index (Phi) is 4.13. The van der Waals surface area contributed by atoms with Crippen LogP contribution in [0.5, 0.6) is 0 Å². The van der Waals surface area contributed by atoms with E-state index < -0.39 is 10.0 Å². The lowest BCUT2D eigenvalue weighted by molar-refractivity contribution is 0.600. The van der Waals surface area contributed by atoms with E-state index in [2.05, 4.69) is 27.8 Å². The predicted molar refractivity (Wildman–Crippen MR) is 61.0 cm³/mol. The van der Waals surface area contributed by atoms with Crippen LogP contribution in [0.2, 0.25) is 0 Å². The number of alkyl halides is 1. The van der Waals surface area contributed by atoms with Gasteiger partial charge in [-0.25, -0.2) is 13.6 Å². The molecule has 0 fully saturated rings. The standard InChI is InChI=1S/C8H8BrNO2S2/c9-6-2-1-3-7-4-5-8(13-7)14(10,11)12/h4-5H,2,6H2,(H2,10,11,12). The molecule has 0 aliphatic heterocycles. The molecule has 0 radical (unpaired) electrons. The van der Waals surface area contributed by atoms with Crippen molar-refractivity contribution in [2.45, 2.75) is 10.6 Å². The fourth-order valence-corrected chi connectivity index (χ4v) is 2.54. The summed E-state index contributed by atoms with van der Waals surface area (Å²) in [6, 6.07) is 3.13. The molecule has 2 N–H and O–H groups in total. The zero-order chi connectivity index (χ0) is 10.6. The summed E-state index contributed by atoms with van der Waals surface area (Å²) in [5.74, 6) is 5.75. The summed E-state index contributed by atoms with van der Waals surface area (Å²) in [6.07, 6.45) is 0.739. The number of rotatable bonds is 2. The molecule has 0 saturated carbocycles. The molecule has 0 aliphatic carbocycles. The van der Waals surface area contributed by atoms with Gasteiger partial charge in [-0.15, -0.1) is 11.3 Å². The predicted octanol–water partition coefficient (Wildman–Crippen LogP) is 1.53. The highest BCUT2D eigenvalue weighted by Gasteiger charge is 2.09. The maximum absolute atomic E-state index is 10.9. The van der Waals surface area contributed by atoms with Crippen molar-refractivity contribution in [3.8, 4) is 11.8 Å². The summed E-state index contributed by atoms with van der Waals surface area (Å²) in [6.45, 7) is 0. The number of primary sulfonamides is 1. The Bertz CT molecular complexity index is 467. The van der Waals surface area contributed by atoms with Crippen molar-refractivity contribution in [3.63, 3.8) is 0 Å². The smallest absolute Gasteiger partial charge is 0.224 e. The first-order valence-corrected chi connectivity index (χ1v) is 7.20. The second-order valence-corrected chi connectivity index (χ2v) is 6.07. The fourth-order valence-electron chi connectivity index (χ4n) is 0.737. The van der Waals surface area contributed by atoms with E-state index >= 15 is 0 Å². The second-order valence-electron chi connectivity index (χ2n) is 2.40. The molecular formula is C8H8BrNO2S2. The molecule has 76 valence electrons. The van der Waals surface area contributed by atoms with Gasteiger partial charge >= 0.3 is 0 Å². The lowest BCUT2D eigenvalue weighted by Gasteiger charge is -1.87. The zero-order valence-corrected chi connectivity index (χ0v) is 10.4. The van der Waals surface area contributed by atoms with E-state index in [0.717, 1.165) is 28.0 Å². The SMILES string of the molecule is NS(=O)(=O)c1ccc(C#CCCBr)s1. The molecule has 0 amide bonds. The van der Waals surface area contributed by atoms with Crippen molar-refractivity contribution < 1.29 is 8.42 Å². The van der Waals surface area contributed by atoms with E-state index in [1.165, 1.54) is 6.07 Å². The summed E-state index contributed by atoms with van der Waals surface area (Å²) in [5.41, 5.74) is 0. The van der Waals surface area contributed by atoms with Crippen molar-refractivity contribution in [3.05, 3.63) is 17.0 Å². The zero-order valence-electron chi connectivity index (χ0n) is 7.16. The van der Waals surface area contributed by atoms with E-state index in [9.17, 15) is 8.42 Å². The third-order valence-electron chi connectivity index (χ3n) is 1.29. The molecule has 0 spiro atoms. The van der Waals surface area contributed by atoms with Gasteiger partial charge in [0.15, 0.2) is 0 Å². The molecule has 14 heavy (non-hydrogen) atoms. The van der Waals surface area contributed by atoms with Crippen LogP contribution in [-0.4, -0.2) is 13.7 Å². The number of sulfonamides is 1. The van der Waals surface area contributed by atoms with Crippen LogP contribution in [0.25, 0.3) is 0 Å². The van der Waals surface area contributed by atoms with Crippen molar-refractivity contribution in [2.75, 3.05) is 5.33 Å². The summed E-state index contributed by atoms with van der Waals surface area (Å²) in [5, 5.41) is 5.76. The largest absolute Gasteiger partial charge is 0.247 e. The summed E-state index contributed by atoms with van der Waals surface area (Å²) in [4.78, 5) is 0.718. The van der Waals surface area contributed by atoms with E-state index in [0.29, 0.717) is 0 Å². The number of nitrogens with two attached hydrogens (primary N) is 1. The number of hydrogen-bond acceptors (Lipinski definition) is 3. The number of halogens is 1. The van der Waals surface area contributed by atoms with Crippen molar-refractivity contribution in [1.29, 1.82) is 0 Å². The summed E-state index contributed by atoms with van der Waals surface area (Å²) < 4.78 is 22.0. The molecule has 0 aromatic carbocycles. The van der Waals surface area contributed by atoms with E-state index in [-0.39, 0.29) is 4.21 Å². The van der Waals surface area contributed by atoms with Crippen LogP contribution in [0.3, 0.4) is 0 Å². The second kappa shape index (κ2) is 4.94. The van der Waals surface area contributed by atoms with Gasteiger partial charge in [-0.1, -0.05) is 27.8 Å². The minimum atomic E-state index is -3.57. The molecule has 0 aliphatic rings. The lowest BCUT2D eigenvalue weighted by Crippen LogP contribution is -2.09. The van der Waals surface area contributed by atoms with E-state index in [4.69, 9.17) is 5.14 Å². The van der Waals surface area contributed by atoms with Gasteiger partial charge in [0.25, 0.3) is 0 Å². The maximum atomic E-state index is 10.9. The third-order valence-corrected chi connectivity index (χ3v) is 4.13. The van der Waals surface area contributed by atoms with Gasteiger partial charge in [-0.2, -0.15) is 0 Å². The summed E-state index contributed by atoms with van der Waals surface area (Å²) >= 11 is 4.33. The minimum absolute atomic E-state index is 0.153. The van der Waals surface area contributed by atoms with Gasteiger partial charge in [0, 0.05) is 11.8 Å². The maximum Gasteiger partial charge on any atom is 0.247 e. The highest BCUT2D eigenvalue weighted by molar-refractivity contribution is 9.09. The number of hydrogen-bond donors (Lipinski definition) is 1. The van der Waals surface area contributed by atoms with Crippen LogP contribution in [-0.2, 0) is 10.0 Å². The van der Waals surface area contributed by atoms with Crippen LogP contribution in [0.15, 0.2) is 16.3 Å². The molecule has 1 rings (SSSR count). The Hall–Kier alpha value is -0.350. The quantitative estimate of drug-likeness (QED) is 0.664. The lowest BCUT2D eigenvalue weighted by atomic mass is 10.4. The van der Waals surface area contributed by atoms with Gasteiger partial charge in [0.2, 0.25) is 10.0 Å². The van der Waals surface area contributed by atoms with Crippen LogP contribution < -0.4 is 5.14 Å². The van der Waals surface area contributed by atoms with Crippen molar-refractivity contribution in [1.82, 2.24) is 0 Å². The molecule has 0 unspecified atom stereocenters. The Morgan fingerprint density at radius 1 is 1.50 bits per heavy atom. The van der Waals surface area contributed by atoms with Gasteiger partial charge in [-0.05, 0) is 12.1 Å². The summed E-state index contributed by atoms with van der Waals surface area (Å²) in [7, 11) is -3.57. The molecule has 3 nitrogen and oxygen atoms in total. The van der Waals surface area contributed by atoms with Crippen LogP contribution in [0.1, 0.15) is 11.3 Å². The molecule has 0 saturated heterocycles. The first kappa shape index (κ1) is 11.7. The van der Waals surface area contributed by atoms with Gasteiger partial charge in [-0.3, -0.25) is 0 Å². The van der Waals surface area contributed by atoms with Crippen LogP contribution in [0, 0.1) is 11.8 Å². The van der Waals surface area contributed by atoms with E-state index in [1.54, 1.807) is 6.07 Å². The van der Waals surface area contributed by atoms with Crippen molar-refractivity contribution in [2.24, 2.45) is 5.14 Å². The normalized spacial score (nSPS) is 10.7. The Morgan fingerprint density at radius 3 is 2.71 bits per heavy atom. The average molecular weight is 294 g/mol.